The Morgan fingerprint density at radius 2 is 2.50 bits per heavy atom. The molecule has 0 N–H and O–H groups in total. The number of aromatic nitrogens is 1. The number of pyridine rings is 1. The maximum absolute atomic E-state index is 4.00. The lowest BCUT2D eigenvalue weighted by Gasteiger charge is -1.93. The molecule has 1 aromatic rings. The van der Waals surface area contributed by atoms with Gasteiger partial charge in [0, 0.05) is 12.4 Å². The van der Waals surface area contributed by atoms with Gasteiger partial charge in [-0.25, -0.2) is 0 Å². The Morgan fingerprint density at radius 1 is 1.60 bits per heavy atom. The van der Waals surface area contributed by atoms with E-state index in [1.54, 1.807) is 6.20 Å². The van der Waals surface area contributed by atoms with E-state index < -0.39 is 0 Å². The van der Waals surface area contributed by atoms with Crippen LogP contribution in [0.3, 0.4) is 0 Å². The first kappa shape index (κ1) is 7.00. The average molecular weight is 133 g/mol. The molecule has 10 heavy (non-hydrogen) atoms. The second kappa shape index (κ2) is 3.83. The Labute approximate surface area is 61.4 Å². The van der Waals surface area contributed by atoms with E-state index in [4.69, 9.17) is 0 Å². The van der Waals surface area contributed by atoms with Gasteiger partial charge in [0.25, 0.3) is 0 Å². The molecule has 0 radical (unpaired) electrons. The van der Waals surface area contributed by atoms with E-state index in [1.165, 1.54) is 5.56 Å². The molecule has 0 aliphatic rings. The molecule has 1 heteroatoms. The van der Waals surface area contributed by atoms with Gasteiger partial charge in [-0.3, -0.25) is 4.98 Å². The average Bonchev–Trinajstić information content (AvgIpc) is 2.03. The van der Waals surface area contributed by atoms with E-state index >= 15 is 0 Å². The highest BCUT2D eigenvalue weighted by molar-refractivity contribution is 5.08. The lowest BCUT2D eigenvalue weighted by Crippen LogP contribution is -1.82. The monoisotopic (exact) mass is 133 g/mol. The minimum atomic E-state index is 1.03. The van der Waals surface area contributed by atoms with Crippen molar-refractivity contribution in [3.63, 3.8) is 0 Å². The van der Waals surface area contributed by atoms with Crippen molar-refractivity contribution in [2.45, 2.75) is 12.8 Å². The molecule has 1 aromatic heterocycles. The van der Waals surface area contributed by atoms with Gasteiger partial charge in [-0.15, -0.1) is 6.58 Å². The van der Waals surface area contributed by atoms with Crippen LogP contribution in [0.25, 0.3) is 0 Å². The van der Waals surface area contributed by atoms with Gasteiger partial charge >= 0.3 is 0 Å². The minimum absolute atomic E-state index is 1.03. The van der Waals surface area contributed by atoms with Crippen LogP contribution < -0.4 is 0 Å². The Hall–Kier alpha value is -1.11. The molecule has 0 aliphatic carbocycles. The van der Waals surface area contributed by atoms with Crippen LogP contribution in [0.5, 0.6) is 0 Å². The quantitative estimate of drug-likeness (QED) is 0.576. The number of nitrogens with zero attached hydrogens (tertiary/aromatic N) is 1. The van der Waals surface area contributed by atoms with Crippen LogP contribution in [0.1, 0.15) is 12.0 Å². The van der Waals surface area contributed by atoms with Gasteiger partial charge in [0.1, 0.15) is 0 Å². The second-order valence-corrected chi connectivity index (χ2v) is 2.19. The number of aryl methyl sites for hydroxylation is 1. The van der Waals surface area contributed by atoms with Crippen LogP contribution in [0.2, 0.25) is 0 Å². The zero-order chi connectivity index (χ0) is 7.23. The fourth-order valence-corrected chi connectivity index (χ4v) is 0.815. The van der Waals surface area contributed by atoms with Gasteiger partial charge in [0.15, 0.2) is 0 Å². The van der Waals surface area contributed by atoms with Crippen LogP contribution in [-0.4, -0.2) is 4.98 Å². The number of hydrogen-bond donors (Lipinski definition) is 0. The largest absolute Gasteiger partial charge is 0.264 e. The summed E-state index contributed by atoms with van der Waals surface area (Å²) in [7, 11) is 0. The highest BCUT2D eigenvalue weighted by Crippen LogP contribution is 1.99. The third-order valence-corrected chi connectivity index (χ3v) is 1.36. The van der Waals surface area contributed by atoms with E-state index in [0.29, 0.717) is 0 Å². The summed E-state index contributed by atoms with van der Waals surface area (Å²) >= 11 is 0. The summed E-state index contributed by atoms with van der Waals surface area (Å²) in [5.41, 5.74) is 1.28. The molecule has 0 amide bonds. The van der Waals surface area contributed by atoms with Crippen molar-refractivity contribution in [1.82, 2.24) is 4.98 Å². The SMILES string of the molecule is C=CCCc1cccnc1. The molecule has 0 unspecified atom stereocenters. The topological polar surface area (TPSA) is 12.9 Å². The maximum atomic E-state index is 4.00. The molecule has 1 heterocycles. The molecular weight excluding hydrogens is 122 g/mol. The molecule has 0 bridgehead atoms. The van der Waals surface area contributed by atoms with E-state index in [1.807, 2.05) is 18.3 Å². The molecule has 0 aromatic carbocycles. The van der Waals surface area contributed by atoms with Crippen LogP contribution in [0.15, 0.2) is 37.2 Å². The highest BCUT2D eigenvalue weighted by Gasteiger charge is 1.86. The summed E-state index contributed by atoms with van der Waals surface area (Å²) in [6.45, 7) is 3.66. The van der Waals surface area contributed by atoms with Crippen LogP contribution in [0, 0.1) is 0 Å². The molecule has 0 aliphatic heterocycles. The van der Waals surface area contributed by atoms with Gasteiger partial charge in [0.2, 0.25) is 0 Å². The van der Waals surface area contributed by atoms with Crippen molar-refractivity contribution in [2.24, 2.45) is 0 Å². The predicted octanol–water partition coefficient (Wildman–Crippen LogP) is 2.20. The van der Waals surface area contributed by atoms with Crippen LogP contribution in [0.4, 0.5) is 0 Å². The lowest BCUT2D eigenvalue weighted by atomic mass is 10.2. The minimum Gasteiger partial charge on any atom is -0.264 e. The summed E-state index contributed by atoms with van der Waals surface area (Å²) in [4.78, 5) is 4.00. The van der Waals surface area contributed by atoms with E-state index in [9.17, 15) is 0 Å². The molecule has 1 nitrogen and oxygen atoms in total. The fraction of sp³-hybridized carbons (Fsp3) is 0.222. The van der Waals surface area contributed by atoms with Crippen molar-refractivity contribution in [3.05, 3.63) is 42.7 Å². The van der Waals surface area contributed by atoms with Crippen molar-refractivity contribution >= 4 is 0 Å². The highest BCUT2D eigenvalue weighted by atomic mass is 14.6. The molecule has 0 atom stereocenters. The van der Waals surface area contributed by atoms with Crippen molar-refractivity contribution in [3.8, 4) is 0 Å². The summed E-state index contributed by atoms with van der Waals surface area (Å²) in [5, 5.41) is 0. The molecular formula is C9H11N. The van der Waals surface area contributed by atoms with Gasteiger partial charge in [0.05, 0.1) is 0 Å². The normalized spacial score (nSPS) is 9.20. The van der Waals surface area contributed by atoms with E-state index in [2.05, 4.69) is 17.6 Å². The van der Waals surface area contributed by atoms with E-state index in [0.717, 1.165) is 12.8 Å². The Balaban J connectivity index is 2.50. The van der Waals surface area contributed by atoms with Gasteiger partial charge in [-0.2, -0.15) is 0 Å². The molecule has 0 saturated carbocycles. The third kappa shape index (κ3) is 2.02. The first-order valence-corrected chi connectivity index (χ1v) is 3.43. The molecule has 0 saturated heterocycles. The third-order valence-electron chi connectivity index (χ3n) is 1.36. The number of allylic oxidation sites excluding steroid dienone is 1. The molecule has 0 spiro atoms. The predicted molar refractivity (Wildman–Crippen MR) is 42.8 cm³/mol. The van der Waals surface area contributed by atoms with Crippen LogP contribution >= 0.6 is 0 Å². The summed E-state index contributed by atoms with van der Waals surface area (Å²) in [5.74, 6) is 0. The number of rotatable bonds is 3. The zero-order valence-corrected chi connectivity index (χ0v) is 5.96. The smallest absolute Gasteiger partial charge is 0.0299 e. The first-order chi connectivity index (χ1) is 4.93. The summed E-state index contributed by atoms with van der Waals surface area (Å²) in [6, 6.07) is 4.04. The molecule has 1 rings (SSSR count). The standard InChI is InChI=1S/C9H11N/c1-2-3-5-9-6-4-7-10-8-9/h2,4,6-8H,1,3,5H2. The zero-order valence-electron chi connectivity index (χ0n) is 5.96. The Kier molecular flexibility index (Phi) is 2.68. The Bertz CT molecular complexity index is 191. The summed E-state index contributed by atoms with van der Waals surface area (Å²) in [6.07, 6.45) is 7.69. The van der Waals surface area contributed by atoms with Crippen molar-refractivity contribution in [2.75, 3.05) is 0 Å². The second-order valence-electron chi connectivity index (χ2n) is 2.19. The molecule has 0 fully saturated rings. The van der Waals surface area contributed by atoms with Gasteiger partial charge in [-0.05, 0) is 24.5 Å². The lowest BCUT2D eigenvalue weighted by molar-refractivity contribution is 0.990. The molecule has 52 valence electrons. The first-order valence-electron chi connectivity index (χ1n) is 3.43. The van der Waals surface area contributed by atoms with Gasteiger partial charge in [-0.1, -0.05) is 12.1 Å². The Morgan fingerprint density at radius 3 is 3.10 bits per heavy atom. The van der Waals surface area contributed by atoms with Gasteiger partial charge < -0.3 is 0 Å². The maximum Gasteiger partial charge on any atom is 0.0299 e. The fourth-order valence-electron chi connectivity index (χ4n) is 0.815. The summed E-state index contributed by atoms with van der Waals surface area (Å²) < 4.78 is 0. The van der Waals surface area contributed by atoms with Crippen molar-refractivity contribution < 1.29 is 0 Å². The van der Waals surface area contributed by atoms with Crippen LogP contribution in [-0.2, 0) is 6.42 Å². The number of hydrogen-bond acceptors (Lipinski definition) is 1. The van der Waals surface area contributed by atoms with Crippen molar-refractivity contribution in [1.29, 1.82) is 0 Å². The van der Waals surface area contributed by atoms with E-state index in [-0.39, 0.29) is 0 Å².